The van der Waals surface area contributed by atoms with E-state index in [1.807, 2.05) is 0 Å². The maximum atomic E-state index is 12.1. The van der Waals surface area contributed by atoms with Crippen LogP contribution < -0.4 is 5.32 Å². The maximum absolute atomic E-state index is 12.1. The fourth-order valence-corrected chi connectivity index (χ4v) is 3.49. The number of thiophene rings is 1. The van der Waals surface area contributed by atoms with Gasteiger partial charge in [0.1, 0.15) is 10.9 Å². The zero-order chi connectivity index (χ0) is 15.6. The van der Waals surface area contributed by atoms with Crippen LogP contribution in [0.2, 0.25) is 10.0 Å². The summed E-state index contributed by atoms with van der Waals surface area (Å²) in [5.74, 6) is -1.80. The van der Waals surface area contributed by atoms with E-state index in [1.54, 1.807) is 18.2 Å². The number of rotatable bonds is 5. The van der Waals surface area contributed by atoms with Crippen molar-refractivity contribution < 1.29 is 19.8 Å². The molecule has 1 amide bonds. The molecular formula is C13H11Cl2NO4S. The highest BCUT2D eigenvalue weighted by molar-refractivity contribution is 7.21. The highest BCUT2D eigenvalue weighted by Gasteiger charge is 2.23. The second-order valence-electron chi connectivity index (χ2n) is 4.26. The van der Waals surface area contributed by atoms with Crippen molar-refractivity contribution in [2.45, 2.75) is 12.5 Å². The Kier molecular flexibility index (Phi) is 5.05. The molecule has 0 saturated heterocycles. The first-order valence-electron chi connectivity index (χ1n) is 5.96. The number of carbonyl (C=O) groups excluding carboxylic acids is 1. The SMILES string of the molecule is O=C(N[C@@H](CCO)C(=O)O)c1sc2cc(Cl)ccc2c1Cl. The van der Waals surface area contributed by atoms with E-state index < -0.39 is 17.9 Å². The van der Waals surface area contributed by atoms with Crippen molar-refractivity contribution in [3.63, 3.8) is 0 Å². The van der Waals surface area contributed by atoms with Crippen LogP contribution in [0.4, 0.5) is 0 Å². The molecule has 8 heteroatoms. The number of aliphatic hydroxyl groups excluding tert-OH is 1. The molecule has 2 rings (SSSR count). The van der Waals surface area contributed by atoms with E-state index in [2.05, 4.69) is 5.32 Å². The number of halogens is 2. The Morgan fingerprint density at radius 1 is 1.33 bits per heavy atom. The molecule has 1 atom stereocenters. The normalized spacial score (nSPS) is 12.3. The maximum Gasteiger partial charge on any atom is 0.326 e. The van der Waals surface area contributed by atoms with E-state index in [1.165, 1.54) is 0 Å². The lowest BCUT2D eigenvalue weighted by Gasteiger charge is -2.12. The molecule has 1 heterocycles. The standard InChI is InChI=1S/C13H11Cl2NO4S/c14-6-1-2-7-9(5-6)21-11(10(7)15)12(18)16-8(3-4-17)13(19)20/h1-2,5,8,17H,3-4H2,(H,16,18)(H,19,20)/t8-/m0/s1. The van der Waals surface area contributed by atoms with Crippen LogP contribution in [0.5, 0.6) is 0 Å². The van der Waals surface area contributed by atoms with Crippen molar-refractivity contribution in [3.8, 4) is 0 Å². The molecule has 0 saturated carbocycles. The van der Waals surface area contributed by atoms with E-state index >= 15 is 0 Å². The van der Waals surface area contributed by atoms with Crippen molar-refractivity contribution >= 4 is 56.5 Å². The number of aliphatic carboxylic acids is 1. The number of benzene rings is 1. The van der Waals surface area contributed by atoms with Crippen LogP contribution >= 0.6 is 34.5 Å². The molecule has 112 valence electrons. The van der Waals surface area contributed by atoms with E-state index in [4.69, 9.17) is 33.4 Å². The summed E-state index contributed by atoms with van der Waals surface area (Å²) in [5.41, 5.74) is 0. The molecule has 5 nitrogen and oxygen atoms in total. The lowest BCUT2D eigenvalue weighted by Crippen LogP contribution is -2.41. The molecule has 2 aromatic rings. The van der Waals surface area contributed by atoms with Gasteiger partial charge in [-0.1, -0.05) is 29.3 Å². The second kappa shape index (κ2) is 6.62. The van der Waals surface area contributed by atoms with Gasteiger partial charge in [0.25, 0.3) is 5.91 Å². The Hall–Kier alpha value is -1.34. The van der Waals surface area contributed by atoms with Gasteiger partial charge in [-0.15, -0.1) is 11.3 Å². The zero-order valence-corrected chi connectivity index (χ0v) is 12.9. The highest BCUT2D eigenvalue weighted by atomic mass is 35.5. The van der Waals surface area contributed by atoms with Crippen LogP contribution in [0.1, 0.15) is 16.1 Å². The first-order chi connectivity index (χ1) is 9.93. The molecule has 0 bridgehead atoms. The zero-order valence-electron chi connectivity index (χ0n) is 10.6. The van der Waals surface area contributed by atoms with Crippen molar-refractivity contribution in [2.24, 2.45) is 0 Å². The number of aliphatic hydroxyl groups is 1. The highest BCUT2D eigenvalue weighted by Crippen LogP contribution is 2.36. The number of amides is 1. The van der Waals surface area contributed by atoms with Crippen LogP contribution in [0.3, 0.4) is 0 Å². The molecule has 21 heavy (non-hydrogen) atoms. The van der Waals surface area contributed by atoms with E-state index in [9.17, 15) is 9.59 Å². The first kappa shape index (κ1) is 16.0. The summed E-state index contributed by atoms with van der Waals surface area (Å²) in [5, 5.41) is 21.6. The number of hydrogen-bond acceptors (Lipinski definition) is 4. The van der Waals surface area contributed by atoms with Crippen LogP contribution in [-0.4, -0.2) is 34.7 Å². The van der Waals surface area contributed by atoms with Crippen molar-refractivity contribution in [1.82, 2.24) is 5.32 Å². The lowest BCUT2D eigenvalue weighted by atomic mass is 10.2. The predicted molar refractivity (Wildman–Crippen MR) is 82.4 cm³/mol. The minimum absolute atomic E-state index is 0.0740. The third-order valence-electron chi connectivity index (χ3n) is 2.82. The summed E-state index contributed by atoms with van der Waals surface area (Å²) < 4.78 is 0.742. The Balaban J connectivity index is 2.30. The molecule has 0 unspecified atom stereocenters. The van der Waals surface area contributed by atoms with Gasteiger partial charge in [0, 0.05) is 28.1 Å². The van der Waals surface area contributed by atoms with Gasteiger partial charge in [-0.05, 0) is 12.1 Å². The molecule has 0 aliphatic carbocycles. The molecule has 0 spiro atoms. The summed E-state index contributed by atoms with van der Waals surface area (Å²) >= 11 is 13.2. The van der Waals surface area contributed by atoms with Crippen molar-refractivity contribution in [3.05, 3.63) is 33.1 Å². The van der Waals surface area contributed by atoms with Gasteiger partial charge in [0.05, 0.1) is 5.02 Å². The summed E-state index contributed by atoms with van der Waals surface area (Å²) in [6.07, 6.45) is -0.0740. The lowest BCUT2D eigenvalue weighted by molar-refractivity contribution is -0.139. The molecule has 1 aromatic heterocycles. The number of fused-ring (bicyclic) bond motifs is 1. The molecule has 0 radical (unpaired) electrons. The van der Waals surface area contributed by atoms with Gasteiger partial charge in [-0.25, -0.2) is 4.79 Å². The molecule has 0 fully saturated rings. The molecule has 0 aliphatic heterocycles. The Morgan fingerprint density at radius 2 is 2.05 bits per heavy atom. The number of carbonyl (C=O) groups is 2. The van der Waals surface area contributed by atoms with Gasteiger partial charge < -0.3 is 15.5 Å². The third-order valence-corrected chi connectivity index (χ3v) is 4.71. The second-order valence-corrected chi connectivity index (χ2v) is 6.13. The van der Waals surface area contributed by atoms with E-state index in [0.29, 0.717) is 10.4 Å². The van der Waals surface area contributed by atoms with Gasteiger partial charge in [-0.3, -0.25) is 4.79 Å². The number of hydrogen-bond donors (Lipinski definition) is 3. The van der Waals surface area contributed by atoms with Crippen LogP contribution in [-0.2, 0) is 4.79 Å². The number of nitrogens with one attached hydrogen (secondary N) is 1. The van der Waals surface area contributed by atoms with Crippen LogP contribution in [0.15, 0.2) is 18.2 Å². The molecular weight excluding hydrogens is 337 g/mol. The smallest absolute Gasteiger partial charge is 0.326 e. The monoisotopic (exact) mass is 347 g/mol. The quantitative estimate of drug-likeness (QED) is 0.776. The average molecular weight is 348 g/mol. The Morgan fingerprint density at radius 3 is 2.67 bits per heavy atom. The first-order valence-corrected chi connectivity index (χ1v) is 7.53. The van der Waals surface area contributed by atoms with Gasteiger partial charge in [0.15, 0.2) is 0 Å². The Bertz CT molecular complexity index is 701. The van der Waals surface area contributed by atoms with Crippen molar-refractivity contribution in [1.29, 1.82) is 0 Å². The molecule has 0 aliphatic rings. The largest absolute Gasteiger partial charge is 0.480 e. The summed E-state index contributed by atoms with van der Waals surface area (Å²) in [6, 6.07) is 3.89. The summed E-state index contributed by atoms with van der Waals surface area (Å²) in [7, 11) is 0. The Labute approximate surface area is 134 Å². The average Bonchev–Trinajstić information content (AvgIpc) is 2.74. The number of carboxylic acid groups (broad SMARTS) is 1. The van der Waals surface area contributed by atoms with Crippen molar-refractivity contribution in [2.75, 3.05) is 6.61 Å². The molecule has 3 N–H and O–H groups in total. The van der Waals surface area contributed by atoms with Gasteiger partial charge >= 0.3 is 5.97 Å². The van der Waals surface area contributed by atoms with Crippen LogP contribution in [0.25, 0.3) is 10.1 Å². The van der Waals surface area contributed by atoms with Gasteiger partial charge in [0.2, 0.25) is 0 Å². The minimum atomic E-state index is -1.21. The van der Waals surface area contributed by atoms with Gasteiger partial charge in [-0.2, -0.15) is 0 Å². The third kappa shape index (κ3) is 3.47. The minimum Gasteiger partial charge on any atom is -0.480 e. The van der Waals surface area contributed by atoms with E-state index in [-0.39, 0.29) is 22.9 Å². The fourth-order valence-electron chi connectivity index (χ4n) is 1.80. The predicted octanol–water partition coefficient (Wildman–Crippen LogP) is 2.77. The topological polar surface area (TPSA) is 86.6 Å². The summed E-state index contributed by atoms with van der Waals surface area (Å²) in [4.78, 5) is 23.4. The summed E-state index contributed by atoms with van der Waals surface area (Å²) in [6.45, 7) is -0.340. The van der Waals surface area contributed by atoms with E-state index in [0.717, 1.165) is 16.0 Å². The van der Waals surface area contributed by atoms with Crippen LogP contribution in [0, 0.1) is 0 Å². The number of carboxylic acids is 1. The fraction of sp³-hybridized carbons (Fsp3) is 0.231. The molecule has 1 aromatic carbocycles.